The zero-order valence-electron chi connectivity index (χ0n) is 11.2. The third-order valence-corrected chi connectivity index (χ3v) is 3.54. The molecule has 0 bridgehead atoms. The maximum atomic E-state index is 12.2. The molecule has 1 heterocycles. The number of carboxylic acid groups (broad SMARTS) is 1. The molecule has 1 unspecified atom stereocenters. The molecule has 1 saturated heterocycles. The number of alkyl halides is 2. The quantitative estimate of drug-likeness (QED) is 0.835. The Hall–Kier alpha value is -1.40. The largest absolute Gasteiger partial charge is 0.481 e. The smallest absolute Gasteiger partial charge is 0.319 e. The van der Waals surface area contributed by atoms with Crippen molar-refractivity contribution in [1.82, 2.24) is 9.80 Å². The first-order valence-corrected chi connectivity index (χ1v) is 6.34. The van der Waals surface area contributed by atoms with Crippen LogP contribution in [0.1, 0.15) is 26.2 Å². The molecule has 0 aromatic heterocycles. The van der Waals surface area contributed by atoms with Crippen LogP contribution in [-0.4, -0.2) is 60.0 Å². The number of nitrogens with zero attached hydrogens (tertiary/aromatic N) is 2. The van der Waals surface area contributed by atoms with Crippen LogP contribution in [-0.2, 0) is 4.79 Å². The molecule has 110 valence electrons. The van der Waals surface area contributed by atoms with Crippen LogP contribution in [0.5, 0.6) is 0 Å². The van der Waals surface area contributed by atoms with Gasteiger partial charge in [0, 0.05) is 20.1 Å². The van der Waals surface area contributed by atoms with Crippen LogP contribution in [0.15, 0.2) is 0 Å². The average molecular weight is 278 g/mol. The van der Waals surface area contributed by atoms with Gasteiger partial charge >= 0.3 is 12.0 Å². The standard InChI is InChI=1S/C12H20F2N2O3/c1-3-4-12(10(17)18)5-6-16(8-12)11(19)15(2)7-9(13)14/h9H,3-8H2,1-2H3,(H,17,18). The molecular weight excluding hydrogens is 258 g/mol. The number of hydrogen-bond acceptors (Lipinski definition) is 2. The van der Waals surface area contributed by atoms with Gasteiger partial charge in [-0.1, -0.05) is 13.3 Å². The first-order chi connectivity index (χ1) is 8.82. The van der Waals surface area contributed by atoms with E-state index in [0.717, 1.165) is 4.90 Å². The van der Waals surface area contributed by atoms with Crippen molar-refractivity contribution in [1.29, 1.82) is 0 Å². The van der Waals surface area contributed by atoms with E-state index in [1.54, 1.807) is 0 Å². The second-order valence-electron chi connectivity index (χ2n) is 5.06. The number of hydrogen-bond donors (Lipinski definition) is 1. The minimum Gasteiger partial charge on any atom is -0.481 e. The summed E-state index contributed by atoms with van der Waals surface area (Å²) < 4.78 is 24.5. The van der Waals surface area contributed by atoms with Gasteiger partial charge in [0.15, 0.2) is 0 Å². The fourth-order valence-electron chi connectivity index (χ4n) is 2.53. The molecule has 19 heavy (non-hydrogen) atoms. The lowest BCUT2D eigenvalue weighted by molar-refractivity contribution is -0.148. The van der Waals surface area contributed by atoms with Gasteiger partial charge in [-0.25, -0.2) is 13.6 Å². The van der Waals surface area contributed by atoms with Gasteiger partial charge < -0.3 is 14.9 Å². The van der Waals surface area contributed by atoms with Crippen molar-refractivity contribution in [2.45, 2.75) is 32.6 Å². The van der Waals surface area contributed by atoms with E-state index in [1.807, 2.05) is 6.92 Å². The number of rotatable bonds is 5. The lowest BCUT2D eigenvalue weighted by atomic mass is 9.83. The molecule has 0 saturated carbocycles. The second kappa shape index (κ2) is 6.16. The monoisotopic (exact) mass is 278 g/mol. The fraction of sp³-hybridized carbons (Fsp3) is 0.833. The summed E-state index contributed by atoms with van der Waals surface area (Å²) >= 11 is 0. The number of urea groups is 1. The van der Waals surface area contributed by atoms with Crippen LogP contribution in [0.2, 0.25) is 0 Å². The van der Waals surface area contributed by atoms with E-state index in [0.29, 0.717) is 25.8 Å². The average Bonchev–Trinajstić information content (AvgIpc) is 2.73. The summed E-state index contributed by atoms with van der Waals surface area (Å²) in [4.78, 5) is 25.6. The van der Waals surface area contributed by atoms with Gasteiger partial charge in [0.05, 0.1) is 12.0 Å². The SMILES string of the molecule is CCCC1(C(=O)O)CCN(C(=O)N(C)CC(F)F)C1. The Bertz CT molecular complexity index is 352. The second-order valence-corrected chi connectivity index (χ2v) is 5.06. The number of carboxylic acids is 1. The first kappa shape index (κ1) is 15.7. The summed E-state index contributed by atoms with van der Waals surface area (Å²) in [5.74, 6) is -0.916. The summed E-state index contributed by atoms with van der Waals surface area (Å²) in [6.07, 6.45) is -1.01. The molecule has 1 atom stereocenters. The van der Waals surface area contributed by atoms with Crippen molar-refractivity contribution < 1.29 is 23.5 Å². The Kier molecular flexibility index (Phi) is 5.08. The maximum Gasteiger partial charge on any atom is 0.319 e. The summed E-state index contributed by atoms with van der Waals surface area (Å²) in [6, 6.07) is -0.528. The third-order valence-electron chi connectivity index (χ3n) is 3.54. The van der Waals surface area contributed by atoms with E-state index in [-0.39, 0.29) is 6.54 Å². The van der Waals surface area contributed by atoms with Crippen LogP contribution in [0.25, 0.3) is 0 Å². The Balaban J connectivity index is 2.68. The van der Waals surface area contributed by atoms with E-state index < -0.39 is 30.4 Å². The Morgan fingerprint density at radius 2 is 2.11 bits per heavy atom. The summed E-state index contributed by atoms with van der Waals surface area (Å²) in [6.45, 7) is 1.66. The summed E-state index contributed by atoms with van der Waals surface area (Å²) in [5, 5.41) is 9.31. The van der Waals surface area contributed by atoms with Crippen molar-refractivity contribution >= 4 is 12.0 Å². The molecule has 1 rings (SSSR count). The topological polar surface area (TPSA) is 60.9 Å². The van der Waals surface area contributed by atoms with Crippen LogP contribution in [0, 0.1) is 5.41 Å². The summed E-state index contributed by atoms with van der Waals surface area (Å²) in [5.41, 5.74) is -0.921. The predicted octanol–water partition coefficient (Wildman–Crippen LogP) is 1.88. The van der Waals surface area contributed by atoms with Crippen LogP contribution >= 0.6 is 0 Å². The molecule has 5 nitrogen and oxygen atoms in total. The lowest BCUT2D eigenvalue weighted by Crippen LogP contribution is -2.44. The molecule has 0 spiro atoms. The number of likely N-dealkylation sites (tertiary alicyclic amines) is 1. The fourth-order valence-corrected chi connectivity index (χ4v) is 2.53. The highest BCUT2D eigenvalue weighted by atomic mass is 19.3. The third kappa shape index (κ3) is 3.54. The molecule has 1 N–H and O–H groups in total. The highest BCUT2D eigenvalue weighted by Crippen LogP contribution is 2.35. The van der Waals surface area contributed by atoms with Crippen molar-refractivity contribution in [3.63, 3.8) is 0 Å². The molecule has 7 heteroatoms. The maximum absolute atomic E-state index is 12.2. The predicted molar refractivity (Wildman–Crippen MR) is 65.2 cm³/mol. The van der Waals surface area contributed by atoms with Crippen molar-refractivity contribution in [2.75, 3.05) is 26.7 Å². The van der Waals surface area contributed by atoms with Gasteiger partial charge in [0.1, 0.15) is 0 Å². The van der Waals surface area contributed by atoms with Crippen LogP contribution in [0.4, 0.5) is 13.6 Å². The normalized spacial score (nSPS) is 22.9. The first-order valence-electron chi connectivity index (χ1n) is 6.34. The highest BCUT2D eigenvalue weighted by molar-refractivity contribution is 5.79. The number of amides is 2. The van der Waals surface area contributed by atoms with Crippen LogP contribution < -0.4 is 0 Å². The van der Waals surface area contributed by atoms with E-state index >= 15 is 0 Å². The van der Waals surface area contributed by atoms with Gasteiger partial charge in [-0.05, 0) is 12.8 Å². The Morgan fingerprint density at radius 1 is 1.47 bits per heavy atom. The van der Waals surface area contributed by atoms with Gasteiger partial charge in [0.2, 0.25) is 0 Å². The molecule has 2 amide bonds. The molecule has 0 aromatic rings. The summed E-state index contributed by atoms with van der Waals surface area (Å²) in [7, 11) is 1.30. The van der Waals surface area contributed by atoms with E-state index in [2.05, 4.69) is 0 Å². The van der Waals surface area contributed by atoms with Gasteiger partial charge in [0.25, 0.3) is 6.43 Å². The van der Waals surface area contributed by atoms with E-state index in [9.17, 15) is 23.5 Å². The van der Waals surface area contributed by atoms with Crippen molar-refractivity contribution in [3.05, 3.63) is 0 Å². The molecule has 1 fully saturated rings. The minimum atomic E-state index is -2.59. The van der Waals surface area contributed by atoms with Gasteiger partial charge in [-0.3, -0.25) is 4.79 Å². The van der Waals surface area contributed by atoms with Crippen molar-refractivity contribution in [2.24, 2.45) is 5.41 Å². The molecule has 0 aliphatic carbocycles. The number of carbonyl (C=O) groups excluding carboxylic acids is 1. The molecule has 0 radical (unpaired) electrons. The van der Waals surface area contributed by atoms with Gasteiger partial charge in [-0.2, -0.15) is 0 Å². The molecule has 1 aliphatic rings. The van der Waals surface area contributed by atoms with E-state index in [1.165, 1.54) is 11.9 Å². The number of halogens is 2. The zero-order valence-corrected chi connectivity index (χ0v) is 11.2. The van der Waals surface area contributed by atoms with Gasteiger partial charge in [-0.15, -0.1) is 0 Å². The number of carbonyl (C=O) groups is 2. The Morgan fingerprint density at radius 3 is 2.58 bits per heavy atom. The highest BCUT2D eigenvalue weighted by Gasteiger charge is 2.45. The lowest BCUT2D eigenvalue weighted by Gasteiger charge is -2.27. The zero-order chi connectivity index (χ0) is 14.6. The molecule has 1 aliphatic heterocycles. The molecular formula is C12H20F2N2O3. The minimum absolute atomic E-state index is 0.0998. The molecule has 0 aromatic carbocycles. The van der Waals surface area contributed by atoms with E-state index in [4.69, 9.17) is 0 Å². The Labute approximate surface area is 111 Å². The number of aliphatic carboxylic acids is 1. The van der Waals surface area contributed by atoms with Crippen LogP contribution in [0.3, 0.4) is 0 Å². The van der Waals surface area contributed by atoms with Crippen molar-refractivity contribution in [3.8, 4) is 0 Å².